The second-order valence-electron chi connectivity index (χ2n) is 11.4. The highest BCUT2D eigenvalue weighted by Gasteiger charge is 2.78. The number of anilines is 2. The summed E-state index contributed by atoms with van der Waals surface area (Å²) in [6.07, 6.45) is 1.55. The molecular formula is C29H43N3O6. The second-order valence-corrected chi connectivity index (χ2v) is 11.4. The van der Waals surface area contributed by atoms with Gasteiger partial charge in [-0.2, -0.15) is 0 Å². The van der Waals surface area contributed by atoms with E-state index in [4.69, 9.17) is 9.47 Å². The van der Waals surface area contributed by atoms with Gasteiger partial charge in [-0.15, -0.1) is 0 Å². The maximum atomic E-state index is 14.1. The lowest BCUT2D eigenvalue weighted by atomic mass is 9.66. The summed E-state index contributed by atoms with van der Waals surface area (Å²) in [5.74, 6) is -2.59. The van der Waals surface area contributed by atoms with E-state index in [9.17, 15) is 19.5 Å². The van der Waals surface area contributed by atoms with Crippen molar-refractivity contribution in [1.82, 2.24) is 4.90 Å². The molecule has 6 atom stereocenters. The molecule has 3 saturated heterocycles. The van der Waals surface area contributed by atoms with Crippen LogP contribution in [0.15, 0.2) is 24.3 Å². The topological polar surface area (TPSA) is 108 Å². The molecule has 1 aromatic carbocycles. The smallest absolute Gasteiger partial charge is 0.312 e. The van der Waals surface area contributed by atoms with Gasteiger partial charge in [0.1, 0.15) is 17.6 Å². The Morgan fingerprint density at radius 1 is 1.18 bits per heavy atom. The first-order valence-electron chi connectivity index (χ1n) is 14.0. The van der Waals surface area contributed by atoms with Crippen molar-refractivity contribution in [2.24, 2.45) is 17.8 Å². The number of carbonyl (C=O) groups excluding carboxylic acids is 3. The number of amides is 2. The van der Waals surface area contributed by atoms with Crippen LogP contribution in [0.5, 0.6) is 0 Å². The minimum atomic E-state index is -1.15. The number of carbonyl (C=O) groups is 3. The molecule has 2 bridgehead atoms. The van der Waals surface area contributed by atoms with Gasteiger partial charge in [0.15, 0.2) is 0 Å². The molecule has 210 valence electrons. The van der Waals surface area contributed by atoms with Crippen molar-refractivity contribution < 1.29 is 29.0 Å². The maximum absolute atomic E-state index is 14.1. The summed E-state index contributed by atoms with van der Waals surface area (Å²) in [5.41, 5.74) is -0.360. The third-order valence-electron chi connectivity index (χ3n) is 8.61. The van der Waals surface area contributed by atoms with Crippen molar-refractivity contribution in [3.05, 3.63) is 24.3 Å². The number of hydrogen-bond donors (Lipinski definition) is 2. The van der Waals surface area contributed by atoms with Gasteiger partial charge in [-0.1, -0.05) is 13.8 Å². The molecule has 0 aliphatic carbocycles. The first-order valence-corrected chi connectivity index (χ1v) is 14.0. The van der Waals surface area contributed by atoms with E-state index in [0.717, 1.165) is 18.8 Å². The van der Waals surface area contributed by atoms with Gasteiger partial charge in [-0.05, 0) is 77.1 Å². The SMILES string of the molecule is CCOC(=O)[C@@H]1[C@H]2C(=O)N([C@@H](CO)CC(C)C)C(C(=O)Nc3ccc(N(CC)CC)cc3)C23CC[C@@]1(C)O3. The summed E-state index contributed by atoms with van der Waals surface area (Å²) in [5, 5.41) is 13.4. The summed E-state index contributed by atoms with van der Waals surface area (Å²) in [7, 11) is 0. The van der Waals surface area contributed by atoms with E-state index in [1.807, 2.05) is 45.0 Å². The number of nitrogens with zero attached hydrogens (tertiary/aromatic N) is 2. The highest BCUT2D eigenvalue weighted by atomic mass is 16.6. The van der Waals surface area contributed by atoms with E-state index < -0.39 is 41.1 Å². The molecule has 0 radical (unpaired) electrons. The fraction of sp³-hybridized carbons (Fsp3) is 0.690. The van der Waals surface area contributed by atoms with Crippen molar-refractivity contribution >= 4 is 29.2 Å². The number of fused-ring (bicyclic) bond motifs is 1. The molecule has 9 nitrogen and oxygen atoms in total. The predicted molar refractivity (Wildman–Crippen MR) is 145 cm³/mol. The Labute approximate surface area is 225 Å². The molecule has 3 fully saturated rings. The number of rotatable bonds is 11. The van der Waals surface area contributed by atoms with Crippen LogP contribution >= 0.6 is 0 Å². The quantitative estimate of drug-likeness (QED) is 0.424. The van der Waals surface area contributed by atoms with Gasteiger partial charge in [0.2, 0.25) is 11.8 Å². The van der Waals surface area contributed by atoms with Gasteiger partial charge in [-0.25, -0.2) is 0 Å². The predicted octanol–water partition coefficient (Wildman–Crippen LogP) is 3.21. The molecule has 9 heteroatoms. The van der Waals surface area contributed by atoms with Gasteiger partial charge in [-0.3, -0.25) is 14.4 Å². The van der Waals surface area contributed by atoms with Crippen LogP contribution in [0.2, 0.25) is 0 Å². The van der Waals surface area contributed by atoms with Crippen LogP contribution in [-0.4, -0.2) is 77.4 Å². The Morgan fingerprint density at radius 3 is 2.39 bits per heavy atom. The number of esters is 1. The molecule has 3 aliphatic heterocycles. The molecule has 3 aliphatic rings. The van der Waals surface area contributed by atoms with E-state index in [2.05, 4.69) is 24.1 Å². The van der Waals surface area contributed by atoms with Crippen LogP contribution in [0, 0.1) is 17.8 Å². The molecule has 4 rings (SSSR count). The fourth-order valence-corrected chi connectivity index (χ4v) is 7.02. The molecular weight excluding hydrogens is 486 g/mol. The number of nitrogens with one attached hydrogen (secondary N) is 1. The minimum absolute atomic E-state index is 0.185. The van der Waals surface area contributed by atoms with Crippen LogP contribution in [0.1, 0.15) is 60.8 Å². The summed E-state index contributed by atoms with van der Waals surface area (Å²) in [4.78, 5) is 45.0. The summed E-state index contributed by atoms with van der Waals surface area (Å²) >= 11 is 0. The van der Waals surface area contributed by atoms with Gasteiger partial charge in [0, 0.05) is 24.5 Å². The average Bonchev–Trinajstić information content (AvgIpc) is 3.45. The molecule has 1 spiro atoms. The Kier molecular flexibility index (Phi) is 8.09. The Bertz CT molecular complexity index is 1040. The Hall–Kier alpha value is -2.65. The molecule has 2 amide bonds. The molecule has 3 heterocycles. The van der Waals surface area contributed by atoms with Crippen molar-refractivity contribution in [2.45, 2.75) is 84.1 Å². The molecule has 0 saturated carbocycles. The summed E-state index contributed by atoms with van der Waals surface area (Å²) in [6.45, 7) is 13.5. The molecule has 2 unspecified atom stereocenters. The number of aliphatic hydroxyl groups excluding tert-OH is 1. The van der Waals surface area contributed by atoms with Crippen molar-refractivity contribution in [1.29, 1.82) is 0 Å². The monoisotopic (exact) mass is 529 g/mol. The van der Waals surface area contributed by atoms with E-state index in [-0.39, 0.29) is 30.9 Å². The second kappa shape index (κ2) is 10.8. The Balaban J connectivity index is 1.71. The lowest BCUT2D eigenvalue weighted by Crippen LogP contribution is -2.56. The highest BCUT2D eigenvalue weighted by Crippen LogP contribution is 2.63. The van der Waals surface area contributed by atoms with E-state index in [0.29, 0.717) is 24.9 Å². The zero-order valence-electron chi connectivity index (χ0n) is 23.5. The van der Waals surface area contributed by atoms with Crippen LogP contribution in [0.4, 0.5) is 11.4 Å². The van der Waals surface area contributed by atoms with Crippen LogP contribution in [0.3, 0.4) is 0 Å². The number of hydrogen-bond acceptors (Lipinski definition) is 7. The van der Waals surface area contributed by atoms with Gasteiger partial charge in [0.05, 0.1) is 30.8 Å². The normalized spacial score (nSPS) is 30.5. The van der Waals surface area contributed by atoms with Crippen molar-refractivity contribution in [3.63, 3.8) is 0 Å². The zero-order valence-corrected chi connectivity index (χ0v) is 23.5. The first kappa shape index (κ1) is 28.4. The van der Waals surface area contributed by atoms with Crippen LogP contribution in [0.25, 0.3) is 0 Å². The molecule has 2 N–H and O–H groups in total. The third-order valence-corrected chi connectivity index (χ3v) is 8.61. The average molecular weight is 530 g/mol. The number of benzene rings is 1. The fourth-order valence-electron chi connectivity index (χ4n) is 7.02. The standard InChI is InChI=1S/C29H43N3O6/c1-7-31(8-2)20-12-10-19(11-13-20)30-25(34)24-29-15-14-28(6,38-29)23(27(36)37-9-3)22(29)26(35)32(24)21(17-33)16-18(4)5/h10-13,18,21-24,33H,7-9,14-17H2,1-6H3,(H,30,34)/t21-,22+,23+,24?,28-,29?/m1/s1. The maximum Gasteiger partial charge on any atom is 0.312 e. The first-order chi connectivity index (χ1) is 18.1. The van der Waals surface area contributed by atoms with Crippen molar-refractivity contribution in [3.8, 4) is 0 Å². The summed E-state index contributed by atoms with van der Waals surface area (Å²) in [6, 6.07) is 6.10. The minimum Gasteiger partial charge on any atom is -0.466 e. The lowest BCUT2D eigenvalue weighted by molar-refractivity contribution is -0.160. The van der Waals surface area contributed by atoms with E-state index in [1.54, 1.807) is 6.92 Å². The third kappa shape index (κ3) is 4.57. The highest BCUT2D eigenvalue weighted by molar-refractivity contribution is 6.03. The largest absolute Gasteiger partial charge is 0.466 e. The molecule has 38 heavy (non-hydrogen) atoms. The molecule has 1 aromatic rings. The lowest BCUT2D eigenvalue weighted by Gasteiger charge is -2.37. The number of likely N-dealkylation sites (tertiary alicyclic amines) is 1. The van der Waals surface area contributed by atoms with Crippen LogP contribution < -0.4 is 10.2 Å². The van der Waals surface area contributed by atoms with E-state index in [1.165, 1.54) is 4.90 Å². The molecule has 0 aromatic heterocycles. The van der Waals surface area contributed by atoms with Gasteiger partial charge >= 0.3 is 5.97 Å². The van der Waals surface area contributed by atoms with Crippen LogP contribution in [-0.2, 0) is 23.9 Å². The van der Waals surface area contributed by atoms with E-state index >= 15 is 0 Å². The summed E-state index contributed by atoms with van der Waals surface area (Å²) < 4.78 is 12.0. The van der Waals surface area contributed by atoms with Gasteiger partial charge in [0.25, 0.3) is 0 Å². The number of ether oxygens (including phenoxy) is 2. The van der Waals surface area contributed by atoms with Crippen molar-refractivity contribution in [2.75, 3.05) is 36.5 Å². The number of aliphatic hydroxyl groups is 1. The van der Waals surface area contributed by atoms with Gasteiger partial charge < -0.3 is 29.7 Å². The Morgan fingerprint density at radius 2 is 1.84 bits per heavy atom. The zero-order chi connectivity index (χ0) is 27.8.